The van der Waals surface area contributed by atoms with Gasteiger partial charge in [-0.2, -0.15) is 8.78 Å². The third-order valence-electron chi connectivity index (χ3n) is 2.71. The Morgan fingerprint density at radius 3 is 2.10 bits per heavy atom. The van der Waals surface area contributed by atoms with Gasteiger partial charge in [0.25, 0.3) is 0 Å². The van der Waals surface area contributed by atoms with E-state index in [9.17, 15) is 17.8 Å². The van der Waals surface area contributed by atoms with Gasteiger partial charge in [-0.05, 0) is 33.6 Å². The summed E-state index contributed by atoms with van der Waals surface area (Å²) < 4.78 is 49.2. The molecule has 0 aromatic rings. The monoisotopic (exact) mass is 314 g/mol. The summed E-state index contributed by atoms with van der Waals surface area (Å²) in [5.74, 6) is -0.248. The lowest BCUT2D eigenvalue weighted by Crippen LogP contribution is -2.23. The molecule has 1 unspecified atom stereocenters. The van der Waals surface area contributed by atoms with Crippen molar-refractivity contribution < 1.29 is 27.1 Å². The van der Waals surface area contributed by atoms with E-state index < -0.39 is 28.2 Å². The lowest BCUT2D eigenvalue weighted by molar-refractivity contribution is -0.153. The minimum absolute atomic E-state index is 0.209. The maximum atomic E-state index is 12.8. The van der Waals surface area contributed by atoms with Gasteiger partial charge in [-0.15, -0.1) is 0 Å². The summed E-state index contributed by atoms with van der Waals surface area (Å²) in [6.07, 6.45) is 2.42. The Morgan fingerprint density at radius 2 is 1.60 bits per heavy atom. The van der Waals surface area contributed by atoms with Crippen LogP contribution < -0.4 is 0 Å². The molecule has 1 atom stereocenters. The largest absolute Gasteiger partial charge is 0.465 e. The quantitative estimate of drug-likeness (QED) is 0.400. The van der Waals surface area contributed by atoms with Gasteiger partial charge in [0.1, 0.15) is 0 Å². The zero-order valence-corrected chi connectivity index (χ0v) is 13.1. The van der Waals surface area contributed by atoms with Crippen LogP contribution in [0.5, 0.6) is 0 Å². The van der Waals surface area contributed by atoms with Gasteiger partial charge in [0, 0.05) is 6.42 Å². The molecule has 0 spiro atoms. The molecule has 20 heavy (non-hydrogen) atoms. The number of hydrogen-bond acceptors (Lipinski definition) is 3. The first-order valence-corrected chi connectivity index (χ1v) is 7.84. The molecule has 0 aliphatic heterocycles. The maximum absolute atomic E-state index is 12.8. The summed E-state index contributed by atoms with van der Waals surface area (Å²) in [6.45, 7) is 5.68. The predicted molar refractivity (Wildman–Crippen MR) is 73.8 cm³/mol. The fourth-order valence-electron chi connectivity index (χ4n) is 1.43. The van der Waals surface area contributed by atoms with Crippen LogP contribution in [-0.4, -0.2) is 26.6 Å². The van der Waals surface area contributed by atoms with E-state index in [1.54, 1.807) is 20.8 Å². The number of carbonyl (C=O) groups excluding carboxylic acids is 1. The van der Waals surface area contributed by atoms with Crippen molar-refractivity contribution in [2.24, 2.45) is 5.41 Å². The van der Waals surface area contributed by atoms with E-state index in [-0.39, 0.29) is 12.4 Å². The summed E-state index contributed by atoms with van der Waals surface area (Å²) in [5.41, 5.74) is -0.508. The van der Waals surface area contributed by atoms with Gasteiger partial charge in [0.2, 0.25) is 11.1 Å². The Hall–Kier alpha value is -0.560. The molecule has 0 aromatic carbocycles. The molecule has 0 rings (SSSR count). The first-order chi connectivity index (χ1) is 9.07. The van der Waals surface area contributed by atoms with E-state index in [1.807, 2.05) is 0 Å². The number of esters is 1. The van der Waals surface area contributed by atoms with E-state index in [2.05, 4.69) is 0 Å². The van der Waals surface area contributed by atoms with Crippen LogP contribution in [0.15, 0.2) is 0 Å². The molecule has 0 aliphatic rings. The van der Waals surface area contributed by atoms with Crippen molar-refractivity contribution in [3.63, 3.8) is 0 Å². The van der Waals surface area contributed by atoms with Gasteiger partial charge in [-0.3, -0.25) is 4.79 Å². The minimum atomic E-state index is -3.51. The molecule has 120 valence electrons. The van der Waals surface area contributed by atoms with Crippen LogP contribution in [0.1, 0.15) is 59.3 Å². The fraction of sp³-hybridized carbons (Fsp3) is 0.923. The molecule has 0 bridgehead atoms. The van der Waals surface area contributed by atoms with Crippen molar-refractivity contribution in [2.45, 2.75) is 64.6 Å². The zero-order chi connectivity index (χ0) is 15.8. The third-order valence-corrected chi connectivity index (χ3v) is 3.43. The smallest absolute Gasteiger partial charge is 0.345 e. The van der Waals surface area contributed by atoms with Crippen LogP contribution in [0.4, 0.5) is 8.78 Å². The van der Waals surface area contributed by atoms with E-state index in [0.717, 1.165) is 12.8 Å². The number of hydrogen-bond donors (Lipinski definition) is 1. The Bertz CT molecular complexity index is 327. The molecular weight excluding hydrogens is 290 g/mol. The Labute approximate surface area is 121 Å². The first kappa shape index (κ1) is 19.4. The molecule has 4 nitrogen and oxygen atoms in total. The summed E-state index contributed by atoms with van der Waals surface area (Å²) in [6, 6.07) is 0. The highest BCUT2D eigenvalue weighted by Crippen LogP contribution is 2.24. The third kappa shape index (κ3) is 8.58. The number of unbranched alkanes of at least 4 members (excludes halogenated alkanes) is 4. The summed E-state index contributed by atoms with van der Waals surface area (Å²) >= 11 is -3.09. The van der Waals surface area contributed by atoms with Gasteiger partial charge >= 0.3 is 11.2 Å². The van der Waals surface area contributed by atoms with Gasteiger partial charge < -0.3 is 9.29 Å². The molecule has 7 heteroatoms. The van der Waals surface area contributed by atoms with Crippen LogP contribution in [0, 0.1) is 5.41 Å². The van der Waals surface area contributed by atoms with Crippen molar-refractivity contribution in [1.82, 2.24) is 0 Å². The Balaban J connectivity index is 3.51. The average molecular weight is 314 g/mol. The average Bonchev–Trinajstić information content (AvgIpc) is 2.30. The molecule has 0 radical (unpaired) electrons. The summed E-state index contributed by atoms with van der Waals surface area (Å²) in [4.78, 5) is 11.4. The minimum Gasteiger partial charge on any atom is -0.465 e. The highest BCUT2D eigenvalue weighted by Gasteiger charge is 2.35. The molecule has 0 saturated carbocycles. The van der Waals surface area contributed by atoms with Crippen LogP contribution in [-0.2, 0) is 20.6 Å². The topological polar surface area (TPSA) is 63.6 Å². The molecule has 0 fully saturated rings. The van der Waals surface area contributed by atoms with Crippen molar-refractivity contribution in [3.05, 3.63) is 0 Å². The number of carbonyl (C=O) groups is 1. The molecule has 0 aromatic heterocycles. The van der Waals surface area contributed by atoms with Crippen LogP contribution in [0.2, 0.25) is 0 Å². The molecule has 1 N–H and O–H groups in total. The van der Waals surface area contributed by atoms with E-state index >= 15 is 0 Å². The van der Waals surface area contributed by atoms with Crippen LogP contribution >= 0.6 is 0 Å². The van der Waals surface area contributed by atoms with Crippen molar-refractivity contribution in [2.75, 3.05) is 6.61 Å². The SMILES string of the molecule is CC(C)(C)C(=O)OCCCCCCCC(F)(F)S(=O)O. The number of alkyl halides is 2. The van der Waals surface area contributed by atoms with Gasteiger partial charge in [-0.25, -0.2) is 4.21 Å². The molecular formula is C13H24F2O4S. The fourth-order valence-corrected chi connectivity index (χ4v) is 1.75. The Kier molecular flexibility index (Phi) is 8.42. The number of ether oxygens (including phenoxy) is 1. The highest BCUT2D eigenvalue weighted by atomic mass is 32.2. The second kappa shape index (κ2) is 8.67. The van der Waals surface area contributed by atoms with E-state index in [0.29, 0.717) is 19.4 Å². The van der Waals surface area contributed by atoms with Crippen molar-refractivity contribution in [3.8, 4) is 0 Å². The van der Waals surface area contributed by atoms with E-state index in [4.69, 9.17) is 9.29 Å². The standard InChI is InChI=1S/C13H24F2O4S/c1-12(2,3)11(16)19-10-8-6-4-5-7-9-13(14,15)20(17)18/h4-10H2,1-3H3,(H,17,18). The van der Waals surface area contributed by atoms with Crippen LogP contribution in [0.3, 0.4) is 0 Å². The van der Waals surface area contributed by atoms with Crippen molar-refractivity contribution in [1.29, 1.82) is 0 Å². The normalized spacial score (nSPS) is 14.1. The summed E-state index contributed by atoms with van der Waals surface area (Å²) in [5, 5.41) is -3.51. The van der Waals surface area contributed by atoms with E-state index in [1.165, 1.54) is 0 Å². The number of rotatable bonds is 9. The molecule has 0 saturated heterocycles. The first-order valence-electron chi connectivity index (χ1n) is 6.73. The predicted octanol–water partition coefficient (Wildman–Crippen LogP) is 3.73. The molecule has 0 aliphatic carbocycles. The maximum Gasteiger partial charge on any atom is 0.345 e. The second-order valence-corrected chi connectivity index (χ2v) is 6.89. The van der Waals surface area contributed by atoms with Gasteiger partial charge in [0.15, 0.2) is 0 Å². The van der Waals surface area contributed by atoms with Crippen LogP contribution in [0.25, 0.3) is 0 Å². The molecule has 0 heterocycles. The molecule has 0 amide bonds. The lowest BCUT2D eigenvalue weighted by atomic mass is 9.97. The van der Waals surface area contributed by atoms with Gasteiger partial charge in [-0.1, -0.05) is 19.3 Å². The Morgan fingerprint density at radius 1 is 1.10 bits per heavy atom. The van der Waals surface area contributed by atoms with Crippen molar-refractivity contribution >= 4 is 17.0 Å². The number of halogens is 2. The summed E-state index contributed by atoms with van der Waals surface area (Å²) in [7, 11) is 0. The lowest BCUT2D eigenvalue weighted by Gasteiger charge is -2.16. The highest BCUT2D eigenvalue weighted by molar-refractivity contribution is 7.80. The second-order valence-electron chi connectivity index (χ2n) is 5.79. The van der Waals surface area contributed by atoms with Gasteiger partial charge in [0.05, 0.1) is 12.0 Å². The zero-order valence-electron chi connectivity index (χ0n) is 12.3.